The molecule has 0 spiro atoms. The molecule has 1 fully saturated rings. The highest BCUT2D eigenvalue weighted by atomic mass is 79.9. The number of carbonyl (C=O) groups excluding carboxylic acids is 1. The maximum Gasteiger partial charge on any atom is 0.225 e. The molecule has 0 aromatic heterocycles. The number of benzene rings is 1. The van der Waals surface area contributed by atoms with Gasteiger partial charge in [-0.2, -0.15) is 0 Å². The van der Waals surface area contributed by atoms with E-state index < -0.39 is 0 Å². The Labute approximate surface area is 117 Å². The monoisotopic (exact) mass is 310 g/mol. The Morgan fingerprint density at radius 2 is 2.11 bits per heavy atom. The second kappa shape index (κ2) is 6.90. The van der Waals surface area contributed by atoms with Crippen molar-refractivity contribution < 1.29 is 4.79 Å². The molecule has 1 aromatic rings. The van der Waals surface area contributed by atoms with Gasteiger partial charge in [0.05, 0.1) is 0 Å². The molecule has 1 amide bonds. The van der Waals surface area contributed by atoms with Crippen molar-refractivity contribution in [3.8, 4) is 0 Å². The lowest BCUT2D eigenvalue weighted by molar-refractivity contribution is -0.115. The van der Waals surface area contributed by atoms with Gasteiger partial charge in [-0.25, -0.2) is 0 Å². The van der Waals surface area contributed by atoms with Crippen LogP contribution in [0.15, 0.2) is 24.3 Å². The average Bonchev–Trinajstić information content (AvgIpc) is 2.82. The molecule has 1 aliphatic rings. The zero-order valence-corrected chi connectivity index (χ0v) is 12.1. The molecule has 1 aliphatic heterocycles. The van der Waals surface area contributed by atoms with Gasteiger partial charge < -0.3 is 5.32 Å². The van der Waals surface area contributed by atoms with Crippen LogP contribution < -0.4 is 5.32 Å². The van der Waals surface area contributed by atoms with E-state index in [0.29, 0.717) is 11.8 Å². The molecule has 1 heterocycles. The summed E-state index contributed by atoms with van der Waals surface area (Å²) >= 11 is 3.27. The van der Waals surface area contributed by atoms with Gasteiger partial charge in [0.25, 0.3) is 0 Å². The minimum absolute atomic E-state index is 0.0604. The Morgan fingerprint density at radius 3 is 2.83 bits per heavy atom. The number of nitrogens with zero attached hydrogens (tertiary/aromatic N) is 1. The fourth-order valence-corrected chi connectivity index (χ4v) is 2.62. The van der Waals surface area contributed by atoms with Crippen molar-refractivity contribution >= 4 is 27.5 Å². The first-order valence-electron chi connectivity index (χ1n) is 6.45. The van der Waals surface area contributed by atoms with Gasteiger partial charge in [0.15, 0.2) is 0 Å². The topological polar surface area (TPSA) is 32.3 Å². The van der Waals surface area contributed by atoms with E-state index in [-0.39, 0.29) is 5.91 Å². The lowest BCUT2D eigenvalue weighted by atomic mass is 10.2. The number of rotatable bonds is 5. The van der Waals surface area contributed by atoms with Gasteiger partial charge in [-0.15, -0.1) is 0 Å². The number of carbonyl (C=O) groups is 1. The Bertz CT molecular complexity index is 403. The van der Waals surface area contributed by atoms with E-state index in [4.69, 9.17) is 0 Å². The molecule has 0 bridgehead atoms. The molecule has 0 aliphatic carbocycles. The van der Waals surface area contributed by atoms with Gasteiger partial charge in [0, 0.05) is 24.0 Å². The molecule has 2 rings (SSSR count). The van der Waals surface area contributed by atoms with Crippen LogP contribution in [-0.4, -0.2) is 29.2 Å². The summed E-state index contributed by atoms with van der Waals surface area (Å²) in [5.74, 6) is 0.0604. The summed E-state index contributed by atoms with van der Waals surface area (Å²) in [5, 5.41) is 3.62. The van der Waals surface area contributed by atoms with Crippen molar-refractivity contribution in [2.45, 2.75) is 25.8 Å². The predicted octanol–water partition coefficient (Wildman–Crippen LogP) is 3.01. The van der Waals surface area contributed by atoms with Crippen molar-refractivity contribution in [3.05, 3.63) is 29.8 Å². The molecular formula is C14H19BrN2O. The van der Waals surface area contributed by atoms with Crippen molar-refractivity contribution in [1.82, 2.24) is 4.90 Å². The minimum Gasteiger partial charge on any atom is -0.326 e. The van der Waals surface area contributed by atoms with Gasteiger partial charge >= 0.3 is 0 Å². The van der Waals surface area contributed by atoms with E-state index in [1.165, 1.54) is 31.5 Å². The molecule has 0 unspecified atom stereocenters. The second-order valence-electron chi connectivity index (χ2n) is 4.67. The Kier molecular flexibility index (Phi) is 5.20. The van der Waals surface area contributed by atoms with Crippen LogP contribution in [-0.2, 0) is 11.3 Å². The van der Waals surface area contributed by atoms with Crippen molar-refractivity contribution in [3.63, 3.8) is 0 Å². The van der Waals surface area contributed by atoms with Crippen molar-refractivity contribution in [2.75, 3.05) is 23.7 Å². The fraction of sp³-hybridized carbons (Fsp3) is 0.500. The van der Waals surface area contributed by atoms with Crippen LogP contribution in [0.4, 0.5) is 5.69 Å². The first-order chi connectivity index (χ1) is 8.78. The van der Waals surface area contributed by atoms with Crippen LogP contribution in [0.2, 0.25) is 0 Å². The molecule has 1 saturated heterocycles. The molecule has 0 atom stereocenters. The summed E-state index contributed by atoms with van der Waals surface area (Å²) in [6.45, 7) is 3.38. The highest BCUT2D eigenvalue weighted by Gasteiger charge is 2.11. The Hall–Kier alpha value is -0.870. The lowest BCUT2D eigenvalue weighted by Gasteiger charge is -2.15. The van der Waals surface area contributed by atoms with Crippen molar-refractivity contribution in [2.24, 2.45) is 0 Å². The third-order valence-electron chi connectivity index (χ3n) is 3.14. The number of hydrogen-bond donors (Lipinski definition) is 1. The molecule has 4 heteroatoms. The van der Waals surface area contributed by atoms with Gasteiger partial charge in [0.1, 0.15) is 0 Å². The molecule has 1 N–H and O–H groups in total. The van der Waals surface area contributed by atoms with E-state index in [9.17, 15) is 4.79 Å². The SMILES string of the molecule is O=C(CCBr)Nc1cccc(CN2CCCC2)c1. The number of halogens is 1. The number of likely N-dealkylation sites (tertiary alicyclic amines) is 1. The number of amides is 1. The maximum atomic E-state index is 11.5. The number of hydrogen-bond acceptors (Lipinski definition) is 2. The van der Waals surface area contributed by atoms with Crippen LogP contribution in [0.25, 0.3) is 0 Å². The first-order valence-corrected chi connectivity index (χ1v) is 7.57. The van der Waals surface area contributed by atoms with E-state index in [1.807, 2.05) is 12.1 Å². The number of anilines is 1. The number of alkyl halides is 1. The predicted molar refractivity (Wildman–Crippen MR) is 78.0 cm³/mol. The van der Waals surface area contributed by atoms with Crippen molar-refractivity contribution in [1.29, 1.82) is 0 Å². The third-order valence-corrected chi connectivity index (χ3v) is 3.53. The molecule has 0 saturated carbocycles. The van der Waals surface area contributed by atoms with Gasteiger partial charge in [-0.05, 0) is 43.6 Å². The summed E-state index contributed by atoms with van der Waals surface area (Å²) in [6, 6.07) is 8.15. The molecule has 98 valence electrons. The lowest BCUT2D eigenvalue weighted by Crippen LogP contribution is -2.18. The quantitative estimate of drug-likeness (QED) is 0.848. The molecule has 18 heavy (non-hydrogen) atoms. The molecule has 0 radical (unpaired) electrons. The summed E-state index contributed by atoms with van der Waals surface area (Å²) < 4.78 is 0. The smallest absolute Gasteiger partial charge is 0.225 e. The van der Waals surface area contributed by atoms with E-state index in [2.05, 4.69) is 38.3 Å². The Balaban J connectivity index is 1.93. The maximum absolute atomic E-state index is 11.5. The molecule has 3 nitrogen and oxygen atoms in total. The summed E-state index contributed by atoms with van der Waals surface area (Å²) in [7, 11) is 0. The zero-order chi connectivity index (χ0) is 12.8. The van der Waals surface area contributed by atoms with Gasteiger partial charge in [-0.3, -0.25) is 9.69 Å². The van der Waals surface area contributed by atoms with Crippen LogP contribution in [0.5, 0.6) is 0 Å². The summed E-state index contributed by atoms with van der Waals surface area (Å²) in [4.78, 5) is 14.0. The average molecular weight is 311 g/mol. The van der Waals surface area contributed by atoms with E-state index in [0.717, 1.165) is 12.2 Å². The highest BCUT2D eigenvalue weighted by Crippen LogP contribution is 2.16. The van der Waals surface area contributed by atoms with Gasteiger partial charge in [0.2, 0.25) is 5.91 Å². The molecule has 1 aromatic carbocycles. The summed E-state index contributed by atoms with van der Waals surface area (Å²) in [6.07, 6.45) is 3.12. The van der Waals surface area contributed by atoms with Crippen LogP contribution in [0.1, 0.15) is 24.8 Å². The second-order valence-corrected chi connectivity index (χ2v) is 5.46. The fourth-order valence-electron chi connectivity index (χ4n) is 2.26. The largest absolute Gasteiger partial charge is 0.326 e. The standard InChI is InChI=1S/C14H19BrN2O/c15-7-6-14(18)16-13-5-3-4-12(10-13)11-17-8-1-2-9-17/h3-5,10H,1-2,6-9,11H2,(H,16,18). The first kappa shape index (κ1) is 13.6. The van der Waals surface area contributed by atoms with Crippen LogP contribution >= 0.6 is 15.9 Å². The van der Waals surface area contributed by atoms with Crippen LogP contribution in [0.3, 0.4) is 0 Å². The summed E-state index contributed by atoms with van der Waals surface area (Å²) in [5.41, 5.74) is 2.17. The van der Waals surface area contributed by atoms with Gasteiger partial charge in [-0.1, -0.05) is 28.1 Å². The zero-order valence-electron chi connectivity index (χ0n) is 10.5. The minimum atomic E-state index is 0.0604. The highest BCUT2D eigenvalue weighted by molar-refractivity contribution is 9.09. The van der Waals surface area contributed by atoms with Crippen LogP contribution in [0, 0.1) is 0 Å². The van der Waals surface area contributed by atoms with E-state index >= 15 is 0 Å². The molecular weight excluding hydrogens is 292 g/mol. The Morgan fingerprint density at radius 1 is 1.33 bits per heavy atom. The third kappa shape index (κ3) is 4.10. The van der Waals surface area contributed by atoms with E-state index in [1.54, 1.807) is 0 Å². The normalized spacial score (nSPS) is 15.8. The number of nitrogens with one attached hydrogen (secondary N) is 1.